The molecule has 2 atom stereocenters. The van der Waals surface area contributed by atoms with Crippen molar-refractivity contribution in [3.63, 3.8) is 0 Å². The highest BCUT2D eigenvalue weighted by atomic mass is 15.1. The Bertz CT molecular complexity index is 423. The number of hydrogen-bond donors (Lipinski definition) is 1. The summed E-state index contributed by atoms with van der Waals surface area (Å²) in [5.41, 5.74) is 3.28. The van der Waals surface area contributed by atoms with Crippen LogP contribution >= 0.6 is 0 Å². The van der Waals surface area contributed by atoms with E-state index in [9.17, 15) is 0 Å². The van der Waals surface area contributed by atoms with E-state index < -0.39 is 0 Å². The van der Waals surface area contributed by atoms with Crippen LogP contribution in [0.25, 0.3) is 0 Å². The molecule has 2 unspecified atom stereocenters. The van der Waals surface area contributed by atoms with Crippen molar-refractivity contribution in [2.45, 2.75) is 43.9 Å². The van der Waals surface area contributed by atoms with E-state index in [1.165, 1.54) is 58.3 Å². The molecule has 0 bridgehead atoms. The van der Waals surface area contributed by atoms with Gasteiger partial charge in [0.05, 0.1) is 0 Å². The Hall–Kier alpha value is -0.860. The van der Waals surface area contributed by atoms with Crippen molar-refractivity contribution < 1.29 is 0 Å². The molecule has 2 aliphatic rings. The molecule has 3 rings (SSSR count). The first kappa shape index (κ1) is 14.1. The van der Waals surface area contributed by atoms with E-state index in [4.69, 9.17) is 0 Å². The summed E-state index contributed by atoms with van der Waals surface area (Å²) in [6.07, 6.45) is 6.72. The Labute approximate surface area is 123 Å². The first-order valence-corrected chi connectivity index (χ1v) is 8.32. The molecule has 2 saturated heterocycles. The van der Waals surface area contributed by atoms with Crippen LogP contribution in [0.2, 0.25) is 0 Å². The topological polar surface area (TPSA) is 15.3 Å². The summed E-state index contributed by atoms with van der Waals surface area (Å²) in [5, 5.41) is 3.57. The van der Waals surface area contributed by atoms with Crippen LogP contribution in [0, 0.1) is 0 Å². The van der Waals surface area contributed by atoms with Crippen LogP contribution in [-0.2, 0) is 0 Å². The van der Waals surface area contributed by atoms with E-state index in [0.29, 0.717) is 0 Å². The largest absolute Gasteiger partial charge is 0.316 e. The van der Waals surface area contributed by atoms with Gasteiger partial charge in [-0.25, -0.2) is 0 Å². The molecule has 1 aromatic rings. The van der Waals surface area contributed by atoms with Crippen LogP contribution in [0.4, 0.5) is 0 Å². The van der Waals surface area contributed by atoms with Crippen LogP contribution in [0.3, 0.4) is 0 Å². The minimum atomic E-state index is 0.737. The molecule has 2 nitrogen and oxygen atoms in total. The summed E-state index contributed by atoms with van der Waals surface area (Å²) >= 11 is 0. The third-order valence-electron chi connectivity index (χ3n) is 5.12. The molecule has 0 aliphatic carbocycles. The van der Waals surface area contributed by atoms with Gasteiger partial charge in [-0.3, -0.25) is 0 Å². The SMILES string of the molecule is CN1CCCC(c2ccccc2C2CCCNC2)CC1. The number of rotatable bonds is 2. The third-order valence-corrected chi connectivity index (χ3v) is 5.12. The molecule has 0 amide bonds. The molecule has 0 radical (unpaired) electrons. The first-order valence-electron chi connectivity index (χ1n) is 8.32. The van der Waals surface area contributed by atoms with Gasteiger partial charge in [-0.05, 0) is 81.7 Å². The minimum Gasteiger partial charge on any atom is -0.316 e. The molecule has 0 spiro atoms. The van der Waals surface area contributed by atoms with Crippen molar-refractivity contribution in [3.8, 4) is 0 Å². The summed E-state index contributed by atoms with van der Waals surface area (Å²) in [6.45, 7) is 4.89. The fourth-order valence-corrected chi connectivity index (χ4v) is 3.92. The molecule has 2 fully saturated rings. The molecule has 2 heterocycles. The molecule has 20 heavy (non-hydrogen) atoms. The van der Waals surface area contributed by atoms with Gasteiger partial charge in [-0.1, -0.05) is 24.3 Å². The third kappa shape index (κ3) is 3.24. The summed E-state index contributed by atoms with van der Waals surface area (Å²) in [5.74, 6) is 1.51. The molecule has 0 saturated carbocycles. The molecule has 1 N–H and O–H groups in total. The first-order chi connectivity index (χ1) is 9.84. The van der Waals surface area contributed by atoms with Gasteiger partial charge in [-0.2, -0.15) is 0 Å². The molecule has 2 aliphatic heterocycles. The Morgan fingerprint density at radius 2 is 1.70 bits per heavy atom. The second-order valence-electron chi connectivity index (χ2n) is 6.60. The van der Waals surface area contributed by atoms with Gasteiger partial charge in [0.1, 0.15) is 0 Å². The van der Waals surface area contributed by atoms with Crippen molar-refractivity contribution in [1.82, 2.24) is 10.2 Å². The van der Waals surface area contributed by atoms with Gasteiger partial charge < -0.3 is 10.2 Å². The number of piperidine rings is 1. The maximum absolute atomic E-state index is 3.57. The molecule has 2 heteroatoms. The van der Waals surface area contributed by atoms with Gasteiger partial charge in [0.2, 0.25) is 0 Å². The highest BCUT2D eigenvalue weighted by molar-refractivity contribution is 5.34. The van der Waals surface area contributed by atoms with Crippen molar-refractivity contribution in [2.75, 3.05) is 33.2 Å². The zero-order valence-electron chi connectivity index (χ0n) is 12.8. The quantitative estimate of drug-likeness (QED) is 0.888. The van der Waals surface area contributed by atoms with Gasteiger partial charge in [0, 0.05) is 6.54 Å². The van der Waals surface area contributed by atoms with Crippen LogP contribution in [0.5, 0.6) is 0 Å². The van der Waals surface area contributed by atoms with Crippen LogP contribution in [-0.4, -0.2) is 38.1 Å². The zero-order chi connectivity index (χ0) is 13.8. The van der Waals surface area contributed by atoms with Gasteiger partial charge in [0.15, 0.2) is 0 Å². The second kappa shape index (κ2) is 6.73. The maximum Gasteiger partial charge on any atom is 0.00202 e. The van der Waals surface area contributed by atoms with E-state index in [0.717, 1.165) is 11.8 Å². The Balaban J connectivity index is 1.81. The van der Waals surface area contributed by atoms with Gasteiger partial charge >= 0.3 is 0 Å². The van der Waals surface area contributed by atoms with E-state index in [2.05, 4.69) is 41.5 Å². The lowest BCUT2D eigenvalue weighted by Crippen LogP contribution is -2.29. The second-order valence-corrected chi connectivity index (χ2v) is 6.60. The highest BCUT2D eigenvalue weighted by Crippen LogP contribution is 2.35. The minimum absolute atomic E-state index is 0.737. The summed E-state index contributed by atoms with van der Waals surface area (Å²) < 4.78 is 0. The molecular formula is C18H28N2. The maximum atomic E-state index is 3.57. The normalized spacial score (nSPS) is 29.1. The lowest BCUT2D eigenvalue weighted by Gasteiger charge is -2.28. The number of nitrogens with zero attached hydrogens (tertiary/aromatic N) is 1. The number of likely N-dealkylation sites (tertiary alicyclic amines) is 1. The monoisotopic (exact) mass is 272 g/mol. The Kier molecular flexibility index (Phi) is 4.74. The lowest BCUT2D eigenvalue weighted by molar-refractivity contribution is 0.347. The standard InChI is InChI=1S/C18H28N2/c1-20-12-5-7-15(10-13-20)17-8-2-3-9-18(17)16-6-4-11-19-14-16/h2-3,8-9,15-16,19H,4-7,10-14H2,1H3. The molecule has 1 aromatic carbocycles. The lowest BCUT2D eigenvalue weighted by atomic mass is 9.81. The fraction of sp³-hybridized carbons (Fsp3) is 0.667. The van der Waals surface area contributed by atoms with Gasteiger partial charge in [-0.15, -0.1) is 0 Å². The smallest absolute Gasteiger partial charge is 0.00202 e. The molecule has 110 valence electrons. The summed E-state index contributed by atoms with van der Waals surface area (Å²) in [7, 11) is 2.26. The molecular weight excluding hydrogens is 244 g/mol. The van der Waals surface area contributed by atoms with Crippen molar-refractivity contribution >= 4 is 0 Å². The average Bonchev–Trinajstić information content (AvgIpc) is 2.73. The summed E-state index contributed by atoms with van der Waals surface area (Å²) in [4.78, 5) is 2.49. The Morgan fingerprint density at radius 1 is 0.950 bits per heavy atom. The highest BCUT2D eigenvalue weighted by Gasteiger charge is 2.23. The van der Waals surface area contributed by atoms with Crippen molar-refractivity contribution in [2.24, 2.45) is 0 Å². The van der Waals surface area contributed by atoms with Gasteiger partial charge in [0.25, 0.3) is 0 Å². The predicted molar refractivity (Wildman–Crippen MR) is 85.4 cm³/mol. The predicted octanol–water partition coefficient (Wildman–Crippen LogP) is 3.35. The van der Waals surface area contributed by atoms with E-state index in [1.54, 1.807) is 11.1 Å². The number of hydrogen-bond acceptors (Lipinski definition) is 2. The van der Waals surface area contributed by atoms with Crippen LogP contribution < -0.4 is 5.32 Å². The zero-order valence-corrected chi connectivity index (χ0v) is 12.8. The van der Waals surface area contributed by atoms with E-state index >= 15 is 0 Å². The Morgan fingerprint density at radius 3 is 2.45 bits per heavy atom. The van der Waals surface area contributed by atoms with Crippen LogP contribution in [0.1, 0.15) is 55.1 Å². The van der Waals surface area contributed by atoms with Crippen molar-refractivity contribution in [1.29, 1.82) is 0 Å². The average molecular weight is 272 g/mol. The fourth-order valence-electron chi connectivity index (χ4n) is 3.92. The summed E-state index contributed by atoms with van der Waals surface area (Å²) in [6, 6.07) is 9.27. The molecule has 0 aromatic heterocycles. The number of nitrogens with one attached hydrogen (secondary N) is 1. The van der Waals surface area contributed by atoms with Crippen molar-refractivity contribution in [3.05, 3.63) is 35.4 Å². The van der Waals surface area contributed by atoms with E-state index in [1.807, 2.05) is 0 Å². The van der Waals surface area contributed by atoms with E-state index in [-0.39, 0.29) is 0 Å². The van der Waals surface area contributed by atoms with Crippen LogP contribution in [0.15, 0.2) is 24.3 Å². The number of benzene rings is 1.